The van der Waals surface area contributed by atoms with E-state index in [1.807, 2.05) is 6.07 Å². The quantitative estimate of drug-likeness (QED) is 0.875. The molecule has 3 heteroatoms. The minimum atomic E-state index is 0.172. The molecule has 3 nitrogen and oxygen atoms in total. The second kappa shape index (κ2) is 6.04. The zero-order chi connectivity index (χ0) is 14.9. The molecule has 0 bridgehead atoms. The molecule has 3 aliphatic rings. The topological polar surface area (TPSA) is 32.3 Å². The lowest BCUT2D eigenvalue weighted by Crippen LogP contribution is -2.38. The lowest BCUT2D eigenvalue weighted by atomic mass is 9.84. The van der Waals surface area contributed by atoms with E-state index in [1.165, 1.54) is 31.5 Å². The van der Waals surface area contributed by atoms with E-state index in [-0.39, 0.29) is 17.9 Å². The molecule has 1 amide bonds. The highest BCUT2D eigenvalue weighted by Gasteiger charge is 2.44. The molecular formula is C19H26N2O. The smallest absolute Gasteiger partial charge is 0.223 e. The average molecular weight is 298 g/mol. The number of amides is 1. The molecule has 1 saturated heterocycles. The zero-order valence-corrected chi connectivity index (χ0v) is 13.2. The molecule has 0 radical (unpaired) electrons. The maximum absolute atomic E-state index is 12.3. The van der Waals surface area contributed by atoms with Gasteiger partial charge in [-0.25, -0.2) is 0 Å². The predicted octanol–water partition coefficient (Wildman–Crippen LogP) is 2.99. The Kier molecular flexibility index (Phi) is 3.91. The molecular weight excluding hydrogens is 272 g/mol. The summed E-state index contributed by atoms with van der Waals surface area (Å²) < 4.78 is 0. The number of likely N-dealkylation sites (tertiary alicyclic amines) is 1. The largest absolute Gasteiger partial charge is 0.349 e. The second-order valence-corrected chi connectivity index (χ2v) is 7.40. The highest BCUT2D eigenvalue weighted by atomic mass is 16.2. The summed E-state index contributed by atoms with van der Waals surface area (Å²) >= 11 is 0. The number of rotatable bonds is 6. The molecule has 1 heterocycles. The Morgan fingerprint density at radius 1 is 1.18 bits per heavy atom. The van der Waals surface area contributed by atoms with Gasteiger partial charge in [-0.1, -0.05) is 36.8 Å². The Morgan fingerprint density at radius 3 is 2.55 bits per heavy atom. The van der Waals surface area contributed by atoms with E-state index < -0.39 is 0 Å². The van der Waals surface area contributed by atoms with E-state index in [1.54, 1.807) is 0 Å². The van der Waals surface area contributed by atoms with Crippen molar-refractivity contribution in [1.29, 1.82) is 0 Å². The van der Waals surface area contributed by atoms with Gasteiger partial charge in [0.2, 0.25) is 5.91 Å². The number of carbonyl (C=O) groups excluding carboxylic acids is 1. The van der Waals surface area contributed by atoms with Crippen molar-refractivity contribution in [3.63, 3.8) is 0 Å². The molecule has 4 rings (SSSR count). The number of hydrogen-bond acceptors (Lipinski definition) is 2. The summed E-state index contributed by atoms with van der Waals surface area (Å²) in [5.41, 5.74) is 1.25. The molecule has 0 aromatic heterocycles. The van der Waals surface area contributed by atoms with Crippen LogP contribution in [0.1, 0.15) is 43.7 Å². The van der Waals surface area contributed by atoms with E-state index in [9.17, 15) is 4.79 Å². The highest BCUT2D eigenvalue weighted by Crippen LogP contribution is 2.45. The van der Waals surface area contributed by atoms with Crippen molar-refractivity contribution in [3.05, 3.63) is 35.9 Å². The molecule has 3 fully saturated rings. The third-order valence-corrected chi connectivity index (χ3v) is 5.78. The summed E-state index contributed by atoms with van der Waals surface area (Å²) in [6.45, 7) is 3.67. The first-order valence-electron chi connectivity index (χ1n) is 8.87. The average Bonchev–Trinajstić information content (AvgIpc) is 3.09. The number of piperidine rings is 1. The van der Waals surface area contributed by atoms with E-state index in [0.29, 0.717) is 0 Å². The zero-order valence-electron chi connectivity index (χ0n) is 13.2. The van der Waals surface area contributed by atoms with Crippen LogP contribution < -0.4 is 5.32 Å². The molecule has 3 atom stereocenters. The van der Waals surface area contributed by atoms with Crippen LogP contribution in [0.2, 0.25) is 0 Å². The van der Waals surface area contributed by atoms with Gasteiger partial charge in [-0.15, -0.1) is 0 Å². The molecule has 0 spiro atoms. The second-order valence-electron chi connectivity index (χ2n) is 7.40. The van der Waals surface area contributed by atoms with Gasteiger partial charge in [0.05, 0.1) is 6.04 Å². The minimum absolute atomic E-state index is 0.172. The molecule has 2 saturated carbocycles. The van der Waals surface area contributed by atoms with Crippen LogP contribution >= 0.6 is 0 Å². The fraction of sp³-hybridized carbons (Fsp3) is 0.632. The molecule has 1 aliphatic heterocycles. The van der Waals surface area contributed by atoms with Crippen LogP contribution in [0.3, 0.4) is 0 Å². The number of hydrogen-bond donors (Lipinski definition) is 1. The van der Waals surface area contributed by atoms with Crippen LogP contribution in [0, 0.1) is 17.8 Å². The van der Waals surface area contributed by atoms with Crippen molar-refractivity contribution in [1.82, 2.24) is 10.2 Å². The summed E-state index contributed by atoms with van der Waals surface area (Å²) in [5.74, 6) is 2.51. The number of benzene rings is 1. The van der Waals surface area contributed by atoms with E-state index >= 15 is 0 Å². The van der Waals surface area contributed by atoms with Crippen LogP contribution in [0.5, 0.6) is 0 Å². The number of carbonyl (C=O) groups is 1. The van der Waals surface area contributed by atoms with E-state index in [2.05, 4.69) is 34.5 Å². The summed E-state index contributed by atoms with van der Waals surface area (Å²) in [6, 6.07) is 10.7. The molecule has 118 valence electrons. The lowest BCUT2D eigenvalue weighted by Gasteiger charge is -2.29. The fourth-order valence-electron chi connectivity index (χ4n) is 3.96. The summed E-state index contributed by atoms with van der Waals surface area (Å²) in [7, 11) is 0. The van der Waals surface area contributed by atoms with Crippen molar-refractivity contribution >= 4 is 5.91 Å². The van der Waals surface area contributed by atoms with E-state index in [0.717, 1.165) is 37.6 Å². The third-order valence-electron chi connectivity index (χ3n) is 5.78. The molecule has 3 unspecified atom stereocenters. The summed E-state index contributed by atoms with van der Waals surface area (Å²) in [4.78, 5) is 14.9. The van der Waals surface area contributed by atoms with Gasteiger partial charge in [-0.3, -0.25) is 4.79 Å². The lowest BCUT2D eigenvalue weighted by molar-refractivity contribution is -0.128. The predicted molar refractivity (Wildman–Crippen MR) is 87.3 cm³/mol. The van der Waals surface area contributed by atoms with Crippen molar-refractivity contribution in [2.24, 2.45) is 17.8 Å². The van der Waals surface area contributed by atoms with Crippen LogP contribution in [-0.4, -0.2) is 30.4 Å². The van der Waals surface area contributed by atoms with Gasteiger partial charge < -0.3 is 10.2 Å². The minimum Gasteiger partial charge on any atom is -0.349 e. The number of fused-ring (bicyclic) bond motifs is 1. The van der Waals surface area contributed by atoms with Gasteiger partial charge in [0, 0.05) is 25.6 Å². The Hall–Kier alpha value is -1.35. The maximum atomic E-state index is 12.3. The highest BCUT2D eigenvalue weighted by molar-refractivity contribution is 5.79. The van der Waals surface area contributed by atoms with Gasteiger partial charge in [0.1, 0.15) is 0 Å². The number of nitrogens with zero attached hydrogens (tertiary/aromatic N) is 1. The third kappa shape index (κ3) is 3.05. The van der Waals surface area contributed by atoms with Crippen molar-refractivity contribution in [3.8, 4) is 0 Å². The van der Waals surface area contributed by atoms with Crippen LogP contribution in [-0.2, 0) is 4.79 Å². The molecule has 2 aliphatic carbocycles. The van der Waals surface area contributed by atoms with Crippen LogP contribution in [0.15, 0.2) is 30.3 Å². The standard InChI is InChI=1S/C19H26N2O/c22-19(15-7-4-8-15)20-18(14-5-2-1-3-6-14)9-10-21-12-16-11-17(16)13-21/h1-3,5-6,15-18H,4,7-13H2,(H,20,22). The first kappa shape index (κ1) is 14.3. The normalized spacial score (nSPS) is 28.7. The van der Waals surface area contributed by atoms with Crippen molar-refractivity contribution in [2.45, 2.75) is 38.1 Å². The Morgan fingerprint density at radius 2 is 1.91 bits per heavy atom. The Balaban J connectivity index is 1.37. The maximum Gasteiger partial charge on any atom is 0.223 e. The van der Waals surface area contributed by atoms with Crippen molar-refractivity contribution in [2.75, 3.05) is 19.6 Å². The SMILES string of the molecule is O=C(NC(CCN1CC2CC2C1)c1ccccc1)C1CCC1. The van der Waals surface area contributed by atoms with Crippen LogP contribution in [0.25, 0.3) is 0 Å². The van der Waals surface area contributed by atoms with Gasteiger partial charge >= 0.3 is 0 Å². The van der Waals surface area contributed by atoms with Crippen LogP contribution in [0.4, 0.5) is 0 Å². The molecule has 1 N–H and O–H groups in total. The first-order valence-corrected chi connectivity index (χ1v) is 8.87. The van der Waals surface area contributed by atoms with Gasteiger partial charge in [-0.05, 0) is 43.1 Å². The molecule has 22 heavy (non-hydrogen) atoms. The molecule has 1 aromatic rings. The Labute approximate surface area is 133 Å². The van der Waals surface area contributed by atoms with Crippen molar-refractivity contribution < 1.29 is 4.79 Å². The summed E-state index contributed by atoms with van der Waals surface area (Å²) in [5, 5.41) is 3.32. The number of nitrogens with one attached hydrogen (secondary N) is 1. The van der Waals surface area contributed by atoms with E-state index in [4.69, 9.17) is 0 Å². The summed E-state index contributed by atoms with van der Waals surface area (Å²) in [6.07, 6.45) is 5.84. The molecule has 1 aromatic carbocycles. The Bertz CT molecular complexity index is 515. The van der Waals surface area contributed by atoms with Gasteiger partial charge in [-0.2, -0.15) is 0 Å². The van der Waals surface area contributed by atoms with Gasteiger partial charge in [0.15, 0.2) is 0 Å². The monoisotopic (exact) mass is 298 g/mol. The fourth-order valence-corrected chi connectivity index (χ4v) is 3.96. The first-order chi connectivity index (χ1) is 10.8. The van der Waals surface area contributed by atoms with Gasteiger partial charge in [0.25, 0.3) is 0 Å².